The zero-order valence-electron chi connectivity index (χ0n) is 12.4. The van der Waals surface area contributed by atoms with Crippen LogP contribution in [0.4, 0.5) is 0 Å². The summed E-state index contributed by atoms with van der Waals surface area (Å²) in [5.74, 6) is 1.47. The summed E-state index contributed by atoms with van der Waals surface area (Å²) in [6.45, 7) is 0.568. The molecule has 0 heterocycles. The van der Waals surface area contributed by atoms with E-state index in [1.807, 2.05) is 18.2 Å². The first-order valence-corrected chi connectivity index (χ1v) is 7.32. The Morgan fingerprint density at radius 2 is 1.80 bits per heavy atom. The van der Waals surface area contributed by atoms with Gasteiger partial charge < -0.3 is 19.9 Å². The van der Waals surface area contributed by atoms with Crippen molar-refractivity contribution in [2.45, 2.75) is 50.9 Å². The van der Waals surface area contributed by atoms with Gasteiger partial charge in [0, 0.05) is 6.04 Å². The van der Waals surface area contributed by atoms with Crippen LogP contribution in [-0.4, -0.2) is 26.4 Å². The van der Waals surface area contributed by atoms with E-state index in [0.717, 1.165) is 29.9 Å². The zero-order valence-corrected chi connectivity index (χ0v) is 12.4. The minimum absolute atomic E-state index is 0.164. The minimum atomic E-state index is 0.164. The molecule has 0 bridgehead atoms. The highest BCUT2D eigenvalue weighted by molar-refractivity contribution is 5.42. The van der Waals surface area contributed by atoms with Gasteiger partial charge in [0.2, 0.25) is 0 Å². The quantitative estimate of drug-likeness (QED) is 0.842. The summed E-state index contributed by atoms with van der Waals surface area (Å²) in [7, 11) is 3.28. The van der Waals surface area contributed by atoms with E-state index in [9.17, 15) is 0 Å². The minimum Gasteiger partial charge on any atom is -0.493 e. The number of hydrogen-bond acceptors (Lipinski definition) is 4. The van der Waals surface area contributed by atoms with Crippen molar-refractivity contribution < 1.29 is 14.2 Å². The van der Waals surface area contributed by atoms with Crippen LogP contribution >= 0.6 is 0 Å². The molecule has 4 nitrogen and oxygen atoms in total. The van der Waals surface area contributed by atoms with Gasteiger partial charge in [-0.3, -0.25) is 0 Å². The summed E-state index contributed by atoms with van der Waals surface area (Å²) in [6.07, 6.45) is 6.00. The number of rotatable bonds is 5. The molecule has 0 saturated heterocycles. The van der Waals surface area contributed by atoms with Gasteiger partial charge in [-0.2, -0.15) is 0 Å². The fourth-order valence-electron chi connectivity index (χ4n) is 2.68. The van der Waals surface area contributed by atoms with Crippen LogP contribution in [-0.2, 0) is 11.3 Å². The highest BCUT2D eigenvalue weighted by Gasteiger charge is 2.21. The van der Waals surface area contributed by atoms with Gasteiger partial charge in [0.15, 0.2) is 11.5 Å². The van der Waals surface area contributed by atoms with Gasteiger partial charge in [-0.05, 0) is 30.5 Å². The molecular formula is C16H25NO3. The Hall–Kier alpha value is -1.26. The van der Waals surface area contributed by atoms with E-state index in [0.29, 0.717) is 6.61 Å². The third-order valence-corrected chi connectivity index (χ3v) is 3.92. The largest absolute Gasteiger partial charge is 0.493 e. The van der Waals surface area contributed by atoms with E-state index in [-0.39, 0.29) is 12.1 Å². The molecule has 0 aromatic heterocycles. The van der Waals surface area contributed by atoms with Crippen LogP contribution in [0.1, 0.15) is 37.7 Å². The molecule has 1 aliphatic carbocycles. The molecule has 2 N–H and O–H groups in total. The molecule has 0 amide bonds. The Morgan fingerprint density at radius 3 is 2.55 bits per heavy atom. The number of ether oxygens (including phenoxy) is 3. The number of benzene rings is 1. The fourth-order valence-corrected chi connectivity index (χ4v) is 2.68. The molecule has 2 unspecified atom stereocenters. The number of nitrogens with two attached hydrogens (primary N) is 1. The standard InChI is InChI=1S/C16H25NO3/c1-18-15-9-8-12(10-16(15)19-2)11-20-14-7-5-3-4-6-13(14)17/h8-10,13-14H,3-7,11,17H2,1-2H3. The van der Waals surface area contributed by atoms with Crippen molar-refractivity contribution in [1.82, 2.24) is 0 Å². The molecule has 112 valence electrons. The molecule has 0 aliphatic heterocycles. The molecule has 1 saturated carbocycles. The van der Waals surface area contributed by atoms with Gasteiger partial charge in [0.05, 0.1) is 26.9 Å². The average molecular weight is 279 g/mol. The highest BCUT2D eigenvalue weighted by atomic mass is 16.5. The van der Waals surface area contributed by atoms with Crippen LogP contribution in [0, 0.1) is 0 Å². The second kappa shape index (κ2) is 7.50. The van der Waals surface area contributed by atoms with E-state index >= 15 is 0 Å². The van der Waals surface area contributed by atoms with Gasteiger partial charge in [-0.1, -0.05) is 25.3 Å². The van der Waals surface area contributed by atoms with Gasteiger partial charge in [0.25, 0.3) is 0 Å². The van der Waals surface area contributed by atoms with Crippen LogP contribution in [0.2, 0.25) is 0 Å². The number of methoxy groups -OCH3 is 2. The summed E-state index contributed by atoms with van der Waals surface area (Å²) in [5.41, 5.74) is 7.26. The summed E-state index contributed by atoms with van der Waals surface area (Å²) in [5, 5.41) is 0. The van der Waals surface area contributed by atoms with Crippen molar-refractivity contribution in [3.05, 3.63) is 23.8 Å². The molecule has 20 heavy (non-hydrogen) atoms. The molecule has 4 heteroatoms. The predicted octanol–water partition coefficient (Wildman–Crippen LogP) is 2.88. The first kappa shape index (κ1) is 15.1. The van der Waals surface area contributed by atoms with Gasteiger partial charge in [-0.25, -0.2) is 0 Å². The Kier molecular flexibility index (Phi) is 5.68. The predicted molar refractivity (Wildman–Crippen MR) is 79.2 cm³/mol. The van der Waals surface area contributed by atoms with E-state index in [2.05, 4.69) is 0 Å². The van der Waals surface area contributed by atoms with Crippen molar-refractivity contribution in [3.63, 3.8) is 0 Å². The maximum absolute atomic E-state index is 6.18. The summed E-state index contributed by atoms with van der Waals surface area (Å²) >= 11 is 0. The third kappa shape index (κ3) is 3.87. The molecule has 1 aromatic carbocycles. The molecule has 0 radical (unpaired) electrons. The maximum atomic E-state index is 6.18. The first-order chi connectivity index (χ1) is 9.74. The molecule has 2 atom stereocenters. The van der Waals surface area contributed by atoms with E-state index in [1.165, 1.54) is 19.3 Å². The normalized spacial score (nSPS) is 23.1. The van der Waals surface area contributed by atoms with Crippen molar-refractivity contribution in [1.29, 1.82) is 0 Å². The van der Waals surface area contributed by atoms with E-state index in [4.69, 9.17) is 19.9 Å². The van der Waals surface area contributed by atoms with Crippen molar-refractivity contribution in [3.8, 4) is 11.5 Å². The van der Waals surface area contributed by atoms with Crippen molar-refractivity contribution >= 4 is 0 Å². The van der Waals surface area contributed by atoms with Gasteiger partial charge >= 0.3 is 0 Å². The van der Waals surface area contributed by atoms with Crippen LogP contribution in [0.3, 0.4) is 0 Å². The Labute approximate surface area is 121 Å². The SMILES string of the molecule is COc1ccc(COC2CCCCCC2N)cc1OC. The van der Waals surface area contributed by atoms with Gasteiger partial charge in [-0.15, -0.1) is 0 Å². The molecule has 2 rings (SSSR count). The van der Waals surface area contributed by atoms with Crippen molar-refractivity contribution in [2.75, 3.05) is 14.2 Å². The molecule has 0 spiro atoms. The highest BCUT2D eigenvalue weighted by Crippen LogP contribution is 2.28. The third-order valence-electron chi connectivity index (χ3n) is 3.92. The first-order valence-electron chi connectivity index (χ1n) is 7.32. The topological polar surface area (TPSA) is 53.7 Å². The Balaban J connectivity index is 1.96. The Morgan fingerprint density at radius 1 is 1.05 bits per heavy atom. The molecule has 1 aromatic rings. The lowest BCUT2D eigenvalue weighted by molar-refractivity contribution is 0.0193. The smallest absolute Gasteiger partial charge is 0.161 e. The van der Waals surface area contributed by atoms with E-state index in [1.54, 1.807) is 14.2 Å². The molecular weight excluding hydrogens is 254 g/mol. The maximum Gasteiger partial charge on any atom is 0.161 e. The second-order valence-corrected chi connectivity index (χ2v) is 5.34. The summed E-state index contributed by atoms with van der Waals surface area (Å²) < 4.78 is 16.6. The lowest BCUT2D eigenvalue weighted by Gasteiger charge is -2.22. The second-order valence-electron chi connectivity index (χ2n) is 5.34. The zero-order chi connectivity index (χ0) is 14.4. The van der Waals surface area contributed by atoms with Crippen LogP contribution in [0.15, 0.2) is 18.2 Å². The lowest BCUT2D eigenvalue weighted by atomic mass is 10.1. The number of hydrogen-bond donors (Lipinski definition) is 1. The van der Waals surface area contributed by atoms with Gasteiger partial charge in [0.1, 0.15) is 0 Å². The molecule has 1 aliphatic rings. The Bertz CT molecular complexity index is 422. The van der Waals surface area contributed by atoms with Crippen molar-refractivity contribution in [2.24, 2.45) is 5.73 Å². The summed E-state index contributed by atoms with van der Waals surface area (Å²) in [6, 6.07) is 6.03. The van der Waals surface area contributed by atoms with Crippen LogP contribution < -0.4 is 15.2 Å². The summed E-state index contributed by atoms with van der Waals surface area (Å²) in [4.78, 5) is 0. The molecule has 1 fully saturated rings. The van der Waals surface area contributed by atoms with Crippen LogP contribution in [0.5, 0.6) is 11.5 Å². The lowest BCUT2D eigenvalue weighted by Crippen LogP contribution is -2.35. The van der Waals surface area contributed by atoms with Crippen LogP contribution in [0.25, 0.3) is 0 Å². The average Bonchev–Trinajstić information content (AvgIpc) is 2.69. The fraction of sp³-hybridized carbons (Fsp3) is 0.625. The monoisotopic (exact) mass is 279 g/mol. The van der Waals surface area contributed by atoms with E-state index < -0.39 is 0 Å².